The predicted molar refractivity (Wildman–Crippen MR) is 108 cm³/mol. The normalized spacial score (nSPS) is 11.1. The van der Waals surface area contributed by atoms with E-state index in [1.165, 1.54) is 0 Å². The van der Waals surface area contributed by atoms with Gasteiger partial charge in [-0.3, -0.25) is 4.40 Å². The van der Waals surface area contributed by atoms with E-state index < -0.39 is 0 Å². The van der Waals surface area contributed by atoms with Crippen molar-refractivity contribution in [1.82, 2.24) is 25.2 Å². The molecule has 3 rings (SSSR count). The van der Waals surface area contributed by atoms with Gasteiger partial charge in [0.05, 0.1) is 0 Å². The van der Waals surface area contributed by atoms with Crippen LogP contribution in [0.5, 0.6) is 0 Å². The second-order valence-corrected chi connectivity index (χ2v) is 7.60. The molecule has 0 atom stereocenters. The van der Waals surface area contributed by atoms with Gasteiger partial charge in [0.2, 0.25) is 0 Å². The molecular formula is C19H24N6OS. The van der Waals surface area contributed by atoms with E-state index in [1.54, 1.807) is 11.8 Å². The first-order valence-electron chi connectivity index (χ1n) is 8.90. The molecule has 3 aromatic rings. The quantitative estimate of drug-likeness (QED) is 0.566. The van der Waals surface area contributed by atoms with Crippen molar-refractivity contribution in [3.63, 3.8) is 0 Å². The van der Waals surface area contributed by atoms with E-state index in [0.29, 0.717) is 18.8 Å². The lowest BCUT2D eigenvalue weighted by Gasteiger charge is -2.12. The van der Waals surface area contributed by atoms with E-state index >= 15 is 0 Å². The molecular weight excluding hydrogens is 360 g/mol. The minimum absolute atomic E-state index is 0.183. The molecule has 0 spiro atoms. The van der Waals surface area contributed by atoms with Crippen molar-refractivity contribution in [1.29, 1.82) is 0 Å². The molecule has 0 aliphatic rings. The summed E-state index contributed by atoms with van der Waals surface area (Å²) in [6, 6.07) is 9.51. The van der Waals surface area contributed by atoms with E-state index in [1.807, 2.05) is 47.9 Å². The fourth-order valence-electron chi connectivity index (χ4n) is 2.68. The number of rotatable bonds is 6. The van der Waals surface area contributed by atoms with Gasteiger partial charge in [-0.25, -0.2) is 4.79 Å². The van der Waals surface area contributed by atoms with Crippen LogP contribution in [0.15, 0.2) is 46.3 Å². The summed E-state index contributed by atoms with van der Waals surface area (Å²) < 4.78 is 2.02. The zero-order valence-corrected chi connectivity index (χ0v) is 16.5. The van der Waals surface area contributed by atoms with Crippen molar-refractivity contribution in [2.24, 2.45) is 0 Å². The third kappa shape index (κ3) is 4.51. The molecule has 0 aliphatic heterocycles. The maximum absolute atomic E-state index is 11.7. The average Bonchev–Trinajstić information content (AvgIpc) is 3.05. The summed E-state index contributed by atoms with van der Waals surface area (Å²) >= 11 is 1.60. The van der Waals surface area contributed by atoms with Gasteiger partial charge >= 0.3 is 6.03 Å². The van der Waals surface area contributed by atoms with Crippen LogP contribution in [0, 0.1) is 0 Å². The van der Waals surface area contributed by atoms with Gasteiger partial charge in [0.25, 0.3) is 0 Å². The summed E-state index contributed by atoms with van der Waals surface area (Å²) in [6.07, 6.45) is 2.04. The van der Waals surface area contributed by atoms with Crippen LogP contribution in [0.25, 0.3) is 5.65 Å². The highest BCUT2D eigenvalue weighted by Gasteiger charge is 2.12. The summed E-state index contributed by atoms with van der Waals surface area (Å²) in [5.74, 6) is 1.21. The Kier molecular flexibility index (Phi) is 5.85. The highest BCUT2D eigenvalue weighted by Crippen LogP contribution is 2.32. The van der Waals surface area contributed by atoms with E-state index in [2.05, 4.69) is 34.7 Å². The van der Waals surface area contributed by atoms with Crippen LogP contribution in [0.2, 0.25) is 0 Å². The molecule has 0 aliphatic carbocycles. The lowest BCUT2D eigenvalue weighted by molar-refractivity contribution is 0.241. The number of urea groups is 1. The molecule has 27 heavy (non-hydrogen) atoms. The predicted octanol–water partition coefficient (Wildman–Crippen LogP) is 3.41. The lowest BCUT2D eigenvalue weighted by Crippen LogP contribution is -2.34. The Hall–Kier alpha value is -2.74. The largest absolute Gasteiger partial charge is 0.399 e. The first-order chi connectivity index (χ1) is 13.0. The third-order valence-electron chi connectivity index (χ3n) is 4.01. The molecule has 4 N–H and O–H groups in total. The van der Waals surface area contributed by atoms with E-state index in [0.717, 1.165) is 26.8 Å². The number of nitrogens with two attached hydrogens (primary N) is 1. The smallest absolute Gasteiger partial charge is 0.315 e. The maximum Gasteiger partial charge on any atom is 0.315 e. The number of fused-ring (bicyclic) bond motifs is 1. The number of amides is 2. The molecule has 2 aromatic heterocycles. The second kappa shape index (κ2) is 8.30. The van der Waals surface area contributed by atoms with Crippen molar-refractivity contribution in [3.8, 4) is 0 Å². The Bertz CT molecular complexity index is 953. The summed E-state index contributed by atoms with van der Waals surface area (Å²) in [4.78, 5) is 13.8. The monoisotopic (exact) mass is 384 g/mol. The molecule has 1 aromatic carbocycles. The Balaban J connectivity index is 1.86. The maximum atomic E-state index is 11.7. The highest BCUT2D eigenvalue weighted by atomic mass is 32.2. The number of aromatic nitrogens is 3. The lowest BCUT2D eigenvalue weighted by atomic mass is 10.2. The third-order valence-corrected chi connectivity index (χ3v) is 5.09. The Morgan fingerprint density at radius 3 is 2.78 bits per heavy atom. The molecule has 2 heterocycles. The molecule has 7 nitrogen and oxygen atoms in total. The zero-order chi connectivity index (χ0) is 19.4. The van der Waals surface area contributed by atoms with E-state index in [9.17, 15) is 4.79 Å². The molecule has 142 valence electrons. The standard InChI is InChI=1S/C19H24N6OS/c1-4-21-19(26)22-10-13-5-6-14(20)9-16(13)27-15-7-8-17-23-24-18(12(2)3)25(17)11-15/h5-9,11-12H,4,10,20H2,1-3H3,(H2,21,22,26). The van der Waals surface area contributed by atoms with E-state index in [-0.39, 0.29) is 11.9 Å². The van der Waals surface area contributed by atoms with Gasteiger partial charge in [0.1, 0.15) is 5.82 Å². The van der Waals surface area contributed by atoms with Gasteiger partial charge in [-0.15, -0.1) is 10.2 Å². The van der Waals surface area contributed by atoms with Gasteiger partial charge in [-0.1, -0.05) is 31.7 Å². The van der Waals surface area contributed by atoms with Crippen LogP contribution in [0.3, 0.4) is 0 Å². The first-order valence-corrected chi connectivity index (χ1v) is 9.72. The van der Waals surface area contributed by atoms with Crippen LogP contribution in [-0.4, -0.2) is 27.2 Å². The number of carbonyl (C=O) groups excluding carboxylic acids is 1. The van der Waals surface area contributed by atoms with Gasteiger partial charge in [0, 0.05) is 40.7 Å². The van der Waals surface area contributed by atoms with Gasteiger partial charge in [-0.05, 0) is 36.8 Å². The summed E-state index contributed by atoms with van der Waals surface area (Å²) in [5, 5.41) is 14.1. The number of nitrogens with one attached hydrogen (secondary N) is 2. The highest BCUT2D eigenvalue weighted by molar-refractivity contribution is 7.99. The van der Waals surface area contributed by atoms with Crippen molar-refractivity contribution >= 4 is 29.1 Å². The van der Waals surface area contributed by atoms with Crippen LogP contribution in [0.4, 0.5) is 10.5 Å². The fourth-order valence-corrected chi connectivity index (χ4v) is 3.70. The number of carbonyl (C=O) groups is 1. The van der Waals surface area contributed by atoms with Gasteiger partial charge in [-0.2, -0.15) is 0 Å². The van der Waals surface area contributed by atoms with Crippen molar-refractivity contribution in [2.75, 3.05) is 12.3 Å². The summed E-state index contributed by atoms with van der Waals surface area (Å²) in [6.45, 7) is 7.10. The summed E-state index contributed by atoms with van der Waals surface area (Å²) in [7, 11) is 0. The average molecular weight is 385 g/mol. The van der Waals surface area contributed by atoms with Crippen molar-refractivity contribution < 1.29 is 4.79 Å². The molecule has 0 unspecified atom stereocenters. The van der Waals surface area contributed by atoms with Crippen LogP contribution >= 0.6 is 11.8 Å². The van der Waals surface area contributed by atoms with Crippen LogP contribution < -0.4 is 16.4 Å². The molecule has 8 heteroatoms. The summed E-state index contributed by atoms with van der Waals surface area (Å²) in [5.41, 5.74) is 8.51. The molecule has 0 fully saturated rings. The molecule has 0 saturated carbocycles. The number of pyridine rings is 1. The van der Waals surface area contributed by atoms with E-state index in [4.69, 9.17) is 5.73 Å². The number of nitrogen functional groups attached to an aromatic ring is 1. The molecule has 0 radical (unpaired) electrons. The van der Waals surface area contributed by atoms with Crippen molar-refractivity contribution in [3.05, 3.63) is 47.9 Å². The number of anilines is 1. The van der Waals surface area contributed by atoms with Gasteiger partial charge in [0.15, 0.2) is 5.65 Å². The zero-order valence-electron chi connectivity index (χ0n) is 15.7. The molecule has 2 amide bonds. The van der Waals surface area contributed by atoms with Gasteiger partial charge < -0.3 is 16.4 Å². The fraction of sp³-hybridized carbons (Fsp3) is 0.316. The molecule has 0 bridgehead atoms. The molecule has 0 saturated heterocycles. The first kappa shape index (κ1) is 19.0. The number of benzene rings is 1. The minimum Gasteiger partial charge on any atom is -0.399 e. The number of nitrogens with zero attached hydrogens (tertiary/aromatic N) is 3. The van der Waals surface area contributed by atoms with Crippen LogP contribution in [0.1, 0.15) is 38.1 Å². The second-order valence-electron chi connectivity index (χ2n) is 6.49. The minimum atomic E-state index is -0.183. The van der Waals surface area contributed by atoms with Crippen molar-refractivity contribution in [2.45, 2.75) is 43.0 Å². The topological polar surface area (TPSA) is 97.3 Å². The Morgan fingerprint density at radius 2 is 2.04 bits per heavy atom. The SMILES string of the molecule is CCNC(=O)NCc1ccc(N)cc1Sc1ccc2nnc(C(C)C)n2c1. The number of hydrogen-bond donors (Lipinski definition) is 3. The Morgan fingerprint density at radius 1 is 1.22 bits per heavy atom. The Labute approximate surface area is 162 Å². The van der Waals surface area contributed by atoms with Crippen LogP contribution in [-0.2, 0) is 6.54 Å². The number of hydrogen-bond acceptors (Lipinski definition) is 5.